The van der Waals surface area contributed by atoms with E-state index in [1.165, 1.54) is 0 Å². The molecule has 0 unspecified atom stereocenters. The number of aryl methyl sites for hydroxylation is 1. The normalized spacial score (nSPS) is 14.6. The molecule has 1 aliphatic heterocycles. The molecular formula is C22H23N3O2. The molecule has 2 heterocycles. The average Bonchev–Trinajstić information content (AvgIpc) is 2.98. The summed E-state index contributed by atoms with van der Waals surface area (Å²) in [6, 6.07) is 17.9. The van der Waals surface area contributed by atoms with Crippen LogP contribution in [0.25, 0.3) is 10.9 Å². The third-order valence-electron chi connectivity index (χ3n) is 5.51. The molecule has 5 nitrogen and oxygen atoms in total. The van der Waals surface area contributed by atoms with Crippen LogP contribution in [0.4, 0.5) is 5.69 Å². The zero-order chi connectivity index (χ0) is 19.0. The van der Waals surface area contributed by atoms with Gasteiger partial charge in [0.1, 0.15) is 0 Å². The number of hydrogen-bond donors (Lipinski definition) is 0. The van der Waals surface area contributed by atoms with Crippen LogP contribution in [0.2, 0.25) is 0 Å². The summed E-state index contributed by atoms with van der Waals surface area (Å²) in [7, 11) is 1.93. The Morgan fingerprint density at radius 1 is 0.852 bits per heavy atom. The van der Waals surface area contributed by atoms with Crippen LogP contribution in [0, 0.1) is 6.92 Å². The van der Waals surface area contributed by atoms with E-state index in [2.05, 4.69) is 17.0 Å². The van der Waals surface area contributed by atoms with Crippen molar-refractivity contribution in [2.75, 3.05) is 31.1 Å². The molecule has 1 fully saturated rings. The van der Waals surface area contributed by atoms with E-state index in [0.717, 1.165) is 35.4 Å². The number of benzene rings is 2. The molecule has 0 saturated carbocycles. The summed E-state index contributed by atoms with van der Waals surface area (Å²) >= 11 is 0. The molecule has 0 aliphatic carbocycles. The number of Topliss-reactive ketones (excluding diaryl/α,β-unsaturated/α-hetero) is 1. The van der Waals surface area contributed by atoms with Crippen LogP contribution in [-0.2, 0) is 11.8 Å². The largest absolute Gasteiger partial charge is 0.368 e. The second kappa shape index (κ2) is 6.91. The number of para-hydroxylation sites is 2. The van der Waals surface area contributed by atoms with Gasteiger partial charge in [-0.15, -0.1) is 0 Å². The number of fused-ring (bicyclic) bond motifs is 1. The number of rotatable bonds is 3. The van der Waals surface area contributed by atoms with Crippen LogP contribution in [0.1, 0.15) is 16.1 Å². The van der Waals surface area contributed by atoms with Crippen LogP contribution >= 0.6 is 0 Å². The summed E-state index contributed by atoms with van der Waals surface area (Å²) in [4.78, 5) is 29.9. The second-order valence-corrected chi connectivity index (χ2v) is 6.98. The van der Waals surface area contributed by atoms with Crippen LogP contribution in [0.5, 0.6) is 0 Å². The van der Waals surface area contributed by atoms with Gasteiger partial charge in [-0.1, -0.05) is 36.4 Å². The van der Waals surface area contributed by atoms with Gasteiger partial charge in [-0.05, 0) is 25.1 Å². The van der Waals surface area contributed by atoms with Gasteiger partial charge in [-0.3, -0.25) is 9.59 Å². The number of nitrogens with zero attached hydrogens (tertiary/aromatic N) is 3. The first-order valence-electron chi connectivity index (χ1n) is 9.25. The van der Waals surface area contributed by atoms with Crippen LogP contribution in [-0.4, -0.2) is 47.3 Å². The monoisotopic (exact) mass is 361 g/mol. The van der Waals surface area contributed by atoms with Crippen molar-refractivity contribution in [3.8, 4) is 0 Å². The number of hydrogen-bond acceptors (Lipinski definition) is 3. The Kier molecular flexibility index (Phi) is 4.44. The van der Waals surface area contributed by atoms with Crippen molar-refractivity contribution < 1.29 is 9.59 Å². The number of piperazine rings is 1. The SMILES string of the molecule is Cc1c(C(=O)C(=O)N2CCN(c3ccccc3)CC2)c2ccccc2n1C. The van der Waals surface area contributed by atoms with Crippen molar-refractivity contribution in [3.63, 3.8) is 0 Å². The minimum Gasteiger partial charge on any atom is -0.368 e. The van der Waals surface area contributed by atoms with Crippen molar-refractivity contribution >= 4 is 28.3 Å². The molecule has 1 aromatic heterocycles. The summed E-state index contributed by atoms with van der Waals surface area (Å²) in [5.74, 6) is -0.806. The number of carbonyl (C=O) groups excluding carboxylic acids is 2. The Bertz CT molecular complexity index is 999. The summed E-state index contributed by atoms with van der Waals surface area (Å²) in [5.41, 5.74) is 3.49. The number of amides is 1. The highest BCUT2D eigenvalue weighted by atomic mass is 16.2. The van der Waals surface area contributed by atoms with Gasteiger partial charge in [0.25, 0.3) is 11.7 Å². The van der Waals surface area contributed by atoms with Crippen molar-refractivity contribution in [2.45, 2.75) is 6.92 Å². The van der Waals surface area contributed by atoms with Crippen LogP contribution in [0.15, 0.2) is 54.6 Å². The summed E-state index contributed by atoms with van der Waals surface area (Å²) in [5, 5.41) is 0.846. The number of aromatic nitrogens is 1. The first-order valence-corrected chi connectivity index (χ1v) is 9.25. The first kappa shape index (κ1) is 17.3. The van der Waals surface area contributed by atoms with E-state index in [1.54, 1.807) is 4.90 Å². The van der Waals surface area contributed by atoms with Crippen LogP contribution < -0.4 is 4.90 Å². The predicted octanol–water partition coefficient (Wildman–Crippen LogP) is 3.02. The van der Waals surface area contributed by atoms with Gasteiger partial charge < -0.3 is 14.4 Å². The molecular weight excluding hydrogens is 338 g/mol. The lowest BCUT2D eigenvalue weighted by Gasteiger charge is -2.35. The van der Waals surface area contributed by atoms with E-state index < -0.39 is 11.7 Å². The fourth-order valence-electron chi connectivity index (χ4n) is 3.86. The molecule has 0 N–H and O–H groups in total. The van der Waals surface area contributed by atoms with Gasteiger partial charge in [0.05, 0.1) is 5.56 Å². The van der Waals surface area contributed by atoms with Crippen LogP contribution in [0.3, 0.4) is 0 Å². The highest BCUT2D eigenvalue weighted by Crippen LogP contribution is 2.26. The highest BCUT2D eigenvalue weighted by molar-refractivity contribution is 6.45. The van der Waals surface area contributed by atoms with Gasteiger partial charge in [-0.25, -0.2) is 0 Å². The van der Waals surface area contributed by atoms with E-state index in [4.69, 9.17) is 0 Å². The summed E-state index contributed by atoms with van der Waals surface area (Å²) in [6.45, 7) is 4.48. The topological polar surface area (TPSA) is 45.6 Å². The van der Waals surface area contributed by atoms with Crippen molar-refractivity contribution in [1.82, 2.24) is 9.47 Å². The minimum absolute atomic E-state index is 0.401. The number of ketones is 1. The van der Waals surface area contributed by atoms with E-state index in [1.807, 2.05) is 61.0 Å². The Morgan fingerprint density at radius 2 is 1.48 bits per heavy atom. The molecule has 0 bridgehead atoms. The van der Waals surface area contributed by atoms with Crippen molar-refractivity contribution in [2.24, 2.45) is 7.05 Å². The molecule has 3 aromatic rings. The van der Waals surface area contributed by atoms with Gasteiger partial charge in [0.15, 0.2) is 0 Å². The number of anilines is 1. The second-order valence-electron chi connectivity index (χ2n) is 6.98. The maximum absolute atomic E-state index is 13.0. The van der Waals surface area contributed by atoms with Gasteiger partial charge in [0, 0.05) is 55.5 Å². The Labute approximate surface area is 158 Å². The van der Waals surface area contributed by atoms with E-state index in [-0.39, 0.29) is 0 Å². The fraction of sp³-hybridized carbons (Fsp3) is 0.273. The molecule has 138 valence electrons. The van der Waals surface area contributed by atoms with Gasteiger partial charge in [0.2, 0.25) is 0 Å². The predicted molar refractivity (Wildman–Crippen MR) is 107 cm³/mol. The molecule has 1 saturated heterocycles. The highest BCUT2D eigenvalue weighted by Gasteiger charge is 2.30. The standard InChI is InChI=1S/C22H23N3O2/c1-16-20(18-10-6-7-11-19(18)23(16)2)21(26)22(27)25-14-12-24(13-15-25)17-8-4-3-5-9-17/h3-11H,12-15H2,1-2H3. The maximum Gasteiger partial charge on any atom is 0.295 e. The Hall–Kier alpha value is -3.08. The quantitative estimate of drug-likeness (QED) is 0.532. The molecule has 27 heavy (non-hydrogen) atoms. The van der Waals surface area contributed by atoms with E-state index >= 15 is 0 Å². The van der Waals surface area contributed by atoms with Crippen molar-refractivity contribution in [3.05, 3.63) is 65.9 Å². The molecule has 0 atom stereocenters. The minimum atomic E-state index is -0.405. The van der Waals surface area contributed by atoms with E-state index in [9.17, 15) is 9.59 Å². The summed E-state index contributed by atoms with van der Waals surface area (Å²) in [6.07, 6.45) is 0. The molecule has 0 spiro atoms. The molecule has 1 amide bonds. The zero-order valence-corrected chi connectivity index (χ0v) is 15.7. The first-order chi connectivity index (χ1) is 13.1. The molecule has 5 heteroatoms. The smallest absolute Gasteiger partial charge is 0.295 e. The molecule has 1 aliphatic rings. The zero-order valence-electron chi connectivity index (χ0n) is 15.7. The molecule has 4 rings (SSSR count). The summed E-state index contributed by atoms with van der Waals surface area (Å²) < 4.78 is 1.98. The third kappa shape index (κ3) is 2.99. The fourth-order valence-corrected chi connectivity index (χ4v) is 3.86. The lowest BCUT2D eigenvalue weighted by atomic mass is 10.1. The number of carbonyl (C=O) groups is 2. The van der Waals surface area contributed by atoms with Crippen molar-refractivity contribution in [1.29, 1.82) is 0 Å². The molecule has 2 aromatic carbocycles. The average molecular weight is 361 g/mol. The Balaban J connectivity index is 1.53. The lowest BCUT2D eigenvalue weighted by Crippen LogP contribution is -2.50. The van der Waals surface area contributed by atoms with E-state index in [0.29, 0.717) is 18.7 Å². The Morgan fingerprint density at radius 3 is 2.19 bits per heavy atom. The lowest BCUT2D eigenvalue weighted by molar-refractivity contribution is -0.126. The third-order valence-corrected chi connectivity index (χ3v) is 5.51. The molecule has 0 radical (unpaired) electrons. The maximum atomic E-state index is 13.0. The van der Waals surface area contributed by atoms with Gasteiger partial charge in [-0.2, -0.15) is 0 Å². The van der Waals surface area contributed by atoms with Gasteiger partial charge >= 0.3 is 0 Å².